The Morgan fingerprint density at radius 2 is 1.36 bits per heavy atom. The first-order valence-corrected chi connectivity index (χ1v) is 23.4. The van der Waals surface area contributed by atoms with Gasteiger partial charge in [-0.25, -0.2) is 31.3 Å². The number of nitrogens with zero attached hydrogens (tertiary/aromatic N) is 6. The molecule has 0 fully saturated rings. The second kappa shape index (κ2) is 20.7. The molecule has 6 rings (SSSR count). The lowest BCUT2D eigenvalue weighted by atomic mass is 9.99. The number of methoxy groups -OCH3 is 3. The first-order valence-electron chi connectivity index (χ1n) is 20.5. The largest absolute Gasteiger partial charge is 0.497 e. The zero-order valence-electron chi connectivity index (χ0n) is 37.5. The fourth-order valence-electron chi connectivity index (χ4n) is 6.63. The van der Waals surface area contributed by atoms with Crippen molar-refractivity contribution in [3.8, 4) is 39.8 Å². The number of nitrogen functional groups attached to an aromatic ring is 1. The van der Waals surface area contributed by atoms with Gasteiger partial charge in [-0.05, 0) is 109 Å². The number of aliphatic hydroxyl groups is 1. The minimum absolute atomic E-state index is 0.104. The van der Waals surface area contributed by atoms with Crippen molar-refractivity contribution in [3.63, 3.8) is 0 Å². The number of hydrogen-bond donors (Lipinski definition) is 4. The number of nitrogens with two attached hydrogens (primary N) is 1. The average molecular weight is 944 g/mol. The van der Waals surface area contributed by atoms with Crippen LogP contribution in [0.15, 0.2) is 107 Å². The maximum absolute atomic E-state index is 15.9. The van der Waals surface area contributed by atoms with Crippen LogP contribution in [0.1, 0.15) is 43.0 Å². The van der Waals surface area contributed by atoms with Gasteiger partial charge in [0.2, 0.25) is 25.9 Å². The molecule has 2 aromatic heterocycles. The highest BCUT2D eigenvalue weighted by Crippen LogP contribution is 2.41. The molecule has 6 aromatic rings. The molecule has 4 aromatic carbocycles. The van der Waals surface area contributed by atoms with E-state index in [2.05, 4.69) is 30.4 Å². The van der Waals surface area contributed by atoms with E-state index < -0.39 is 60.7 Å². The summed E-state index contributed by atoms with van der Waals surface area (Å²) < 4.78 is 85.9. The van der Waals surface area contributed by atoms with E-state index in [9.17, 15) is 18.3 Å². The van der Waals surface area contributed by atoms with E-state index in [0.717, 1.165) is 15.9 Å². The number of ether oxygens (including phenoxy) is 4. The van der Waals surface area contributed by atoms with Crippen LogP contribution in [0.2, 0.25) is 0 Å². The van der Waals surface area contributed by atoms with Crippen molar-refractivity contribution in [2.75, 3.05) is 40.2 Å². The van der Waals surface area contributed by atoms with Gasteiger partial charge in [-0.15, -0.1) is 10.2 Å². The van der Waals surface area contributed by atoms with Crippen LogP contribution in [0.3, 0.4) is 0 Å². The Bertz CT molecular complexity index is 2800. The molecular formula is C45H53N9O10S2. The Morgan fingerprint density at radius 1 is 0.818 bits per heavy atom. The van der Waals surface area contributed by atoms with Gasteiger partial charge in [-0.1, -0.05) is 42.5 Å². The highest BCUT2D eigenvalue weighted by atomic mass is 32.2. The molecule has 19 nitrogen and oxygen atoms in total. The van der Waals surface area contributed by atoms with Crippen LogP contribution < -0.4 is 30.0 Å². The van der Waals surface area contributed by atoms with Crippen LogP contribution in [0.4, 0.5) is 10.6 Å². The third kappa shape index (κ3) is 12.2. The number of carbonyl (C=O) groups is 1. The van der Waals surface area contributed by atoms with Crippen molar-refractivity contribution >= 4 is 32.0 Å². The number of sulfonamides is 2. The second-order valence-electron chi connectivity index (χ2n) is 16.1. The fraction of sp³-hybridized carbons (Fsp3) is 0.311. The summed E-state index contributed by atoms with van der Waals surface area (Å²) in [5, 5.41) is 26.5. The van der Waals surface area contributed by atoms with Crippen molar-refractivity contribution in [2.45, 2.75) is 68.8 Å². The Hall–Kier alpha value is -6.65. The second-order valence-corrected chi connectivity index (χ2v) is 19.7. The molecule has 0 bridgehead atoms. The van der Waals surface area contributed by atoms with Gasteiger partial charge in [0.1, 0.15) is 38.5 Å². The summed E-state index contributed by atoms with van der Waals surface area (Å²) in [4.78, 5) is 16.5. The van der Waals surface area contributed by atoms with Crippen LogP contribution >= 0.6 is 0 Å². The molecule has 0 spiro atoms. The van der Waals surface area contributed by atoms with Gasteiger partial charge < -0.3 is 35.1 Å². The molecule has 0 radical (unpaired) electrons. The number of tetrazole rings is 1. The van der Waals surface area contributed by atoms with Gasteiger partial charge in [0.25, 0.3) is 0 Å². The van der Waals surface area contributed by atoms with Crippen LogP contribution in [0.5, 0.6) is 17.2 Å². The van der Waals surface area contributed by atoms with E-state index in [1.54, 1.807) is 114 Å². The van der Waals surface area contributed by atoms with E-state index in [1.165, 1.54) is 31.3 Å². The Balaban J connectivity index is 1.56. The molecule has 1 amide bonds. The van der Waals surface area contributed by atoms with E-state index in [1.807, 2.05) is 0 Å². The predicted octanol–water partition coefficient (Wildman–Crippen LogP) is 4.92. The third-order valence-corrected chi connectivity index (χ3v) is 13.5. The van der Waals surface area contributed by atoms with Gasteiger partial charge in [0.05, 0.1) is 39.5 Å². The maximum Gasteiger partial charge on any atom is 0.407 e. The lowest BCUT2D eigenvalue weighted by molar-refractivity contribution is 0.0494. The summed E-state index contributed by atoms with van der Waals surface area (Å²) in [5.41, 5.74) is 8.09. The van der Waals surface area contributed by atoms with Crippen LogP contribution in [-0.2, 0) is 44.4 Å². The summed E-state index contributed by atoms with van der Waals surface area (Å²) in [6.45, 7) is 5.34. The molecule has 21 heteroatoms. The average Bonchev–Trinajstić information content (AvgIpc) is 3.76. The molecule has 0 saturated heterocycles. The molecule has 66 heavy (non-hydrogen) atoms. The maximum atomic E-state index is 15.9. The number of aromatic nitrogens is 5. The third-order valence-electron chi connectivity index (χ3n) is 10.0. The normalized spacial score (nSPS) is 12.4. The highest BCUT2D eigenvalue weighted by molar-refractivity contribution is 7.92. The summed E-state index contributed by atoms with van der Waals surface area (Å²) in [7, 11) is -5.25. The number of alkyl carbamates (subject to hydrolysis) is 1. The zero-order valence-corrected chi connectivity index (χ0v) is 39.2. The molecule has 0 aliphatic rings. The number of nitrogens with one attached hydrogen (secondary N) is 2. The number of carbonyl (C=O) groups excluding carboxylic acids is 1. The van der Waals surface area contributed by atoms with Crippen molar-refractivity contribution in [1.29, 1.82) is 0 Å². The number of pyridine rings is 1. The Morgan fingerprint density at radius 3 is 1.88 bits per heavy atom. The van der Waals surface area contributed by atoms with Crippen molar-refractivity contribution in [2.24, 2.45) is 0 Å². The van der Waals surface area contributed by atoms with Gasteiger partial charge >= 0.3 is 6.09 Å². The SMILES string of the molecule is COc1ccc(CN(Cc2ccc(OC)cc2)S(=O)(=O)c2c(S(=O)(=O)NC[C@H](O)CNC(=O)OC(C)(C)C)ccc(-c3cnc(N)c(C)c3)c2-c2nnn(Cc3ccc(OC)cc3)n2)cc1. The quantitative estimate of drug-likeness (QED) is 0.0841. The zero-order chi connectivity index (χ0) is 47.8. The first-order chi connectivity index (χ1) is 31.3. The number of hydrogen-bond acceptors (Lipinski definition) is 15. The van der Waals surface area contributed by atoms with Gasteiger partial charge in [0.15, 0.2) is 0 Å². The lowest BCUT2D eigenvalue weighted by Gasteiger charge is -2.26. The van der Waals surface area contributed by atoms with Crippen molar-refractivity contribution in [1.82, 2.24) is 39.5 Å². The monoisotopic (exact) mass is 943 g/mol. The summed E-state index contributed by atoms with van der Waals surface area (Å²) in [5.74, 6) is 1.71. The molecule has 0 aliphatic carbocycles. The van der Waals surface area contributed by atoms with E-state index in [-0.39, 0.29) is 42.4 Å². The van der Waals surface area contributed by atoms with Gasteiger partial charge in [-0.3, -0.25) is 0 Å². The number of amides is 1. The van der Waals surface area contributed by atoms with Crippen molar-refractivity contribution in [3.05, 3.63) is 119 Å². The number of aryl methyl sites for hydroxylation is 1. The number of benzene rings is 4. The van der Waals surface area contributed by atoms with Crippen LogP contribution in [0.25, 0.3) is 22.5 Å². The molecule has 5 N–H and O–H groups in total. The van der Waals surface area contributed by atoms with E-state index in [4.69, 9.17) is 24.7 Å². The van der Waals surface area contributed by atoms with Crippen LogP contribution in [0, 0.1) is 6.92 Å². The number of rotatable bonds is 19. The standard InChI is InChI=1S/C45H53N9O10S2/c1-29-22-33(23-47-42(29)46)38-20-21-39(65(57,58)49-25-34(55)24-48-44(56)64-45(2,3)4)41(40(38)43-50-52-54(51-43)28-32-12-18-37(63-7)19-13-32)66(59,60)53(26-30-8-14-35(61-5)15-9-30)27-31-10-16-36(62-6)17-11-31/h8-23,34,49,55H,24-28H2,1-7H3,(H2,46,47)(H,48,56)/t34-/m1/s1. The summed E-state index contributed by atoms with van der Waals surface area (Å²) >= 11 is 0. The minimum atomic E-state index is -4.97. The minimum Gasteiger partial charge on any atom is -0.497 e. The molecule has 1 atom stereocenters. The summed E-state index contributed by atoms with van der Waals surface area (Å²) in [6, 6.07) is 25.0. The molecule has 0 unspecified atom stereocenters. The molecule has 350 valence electrons. The van der Waals surface area contributed by atoms with E-state index >= 15 is 8.42 Å². The fourth-order valence-corrected chi connectivity index (χ4v) is 10.1. The first kappa shape index (κ1) is 48.8. The van der Waals surface area contributed by atoms with Crippen LogP contribution in [-0.4, -0.2) is 104 Å². The molecule has 0 saturated carbocycles. The van der Waals surface area contributed by atoms with Gasteiger partial charge in [0, 0.05) is 37.9 Å². The summed E-state index contributed by atoms with van der Waals surface area (Å²) in [6.07, 6.45) is -0.852. The number of aliphatic hydroxyl groups excluding tert-OH is 1. The molecule has 2 heterocycles. The van der Waals surface area contributed by atoms with Crippen molar-refractivity contribution < 1.29 is 45.7 Å². The predicted molar refractivity (Wildman–Crippen MR) is 246 cm³/mol. The Labute approximate surface area is 384 Å². The van der Waals surface area contributed by atoms with E-state index in [0.29, 0.717) is 39.5 Å². The molecule has 0 aliphatic heterocycles. The molecular weight excluding hydrogens is 891 g/mol. The lowest BCUT2D eigenvalue weighted by Crippen LogP contribution is -2.42. The Kier molecular flexibility index (Phi) is 15.3. The topological polar surface area (TPSA) is 252 Å². The smallest absolute Gasteiger partial charge is 0.407 e. The van der Waals surface area contributed by atoms with Gasteiger partial charge in [-0.2, -0.15) is 9.10 Å². The number of anilines is 1. The highest BCUT2D eigenvalue weighted by Gasteiger charge is 2.38.